The van der Waals surface area contributed by atoms with Gasteiger partial charge in [-0.2, -0.15) is 0 Å². The first-order valence-electron chi connectivity index (χ1n) is 9.09. The molecule has 2 N–H and O–H groups in total. The fourth-order valence-corrected chi connectivity index (χ4v) is 5.27. The second-order valence-electron chi connectivity index (χ2n) is 6.88. The molecular weight excluding hydrogens is 390 g/mol. The molecule has 1 amide bonds. The summed E-state index contributed by atoms with van der Waals surface area (Å²) in [7, 11) is -3.85. The zero-order valence-corrected chi connectivity index (χ0v) is 16.4. The number of sulfonamides is 1. The van der Waals surface area contributed by atoms with Crippen LogP contribution in [0, 0.1) is 0 Å². The third-order valence-corrected chi connectivity index (χ3v) is 6.79. The molecule has 148 valence electrons. The molecule has 7 nitrogen and oxygen atoms in total. The maximum atomic E-state index is 13.3. The molecule has 0 saturated carbocycles. The molecule has 0 aliphatic carbocycles. The monoisotopic (exact) mass is 409 g/mol. The van der Waals surface area contributed by atoms with Gasteiger partial charge in [-0.25, -0.2) is 8.42 Å². The van der Waals surface area contributed by atoms with Crippen molar-refractivity contribution in [3.63, 3.8) is 0 Å². The number of nitrogens with one attached hydrogen (secondary N) is 2. The highest BCUT2D eigenvalue weighted by atomic mass is 32.2. The van der Waals surface area contributed by atoms with Crippen LogP contribution in [0.25, 0.3) is 0 Å². The van der Waals surface area contributed by atoms with Crippen LogP contribution in [0.1, 0.15) is 22.8 Å². The van der Waals surface area contributed by atoms with Crippen molar-refractivity contribution in [2.45, 2.75) is 24.3 Å². The van der Waals surface area contributed by atoms with Crippen LogP contribution >= 0.6 is 0 Å². The third kappa shape index (κ3) is 3.42. The maximum absolute atomic E-state index is 13.3. The number of rotatable bonds is 4. The maximum Gasteiger partial charge on any atom is 0.271 e. The zero-order chi connectivity index (χ0) is 20.6. The number of benzene rings is 2. The van der Waals surface area contributed by atoms with E-state index in [0.717, 1.165) is 5.56 Å². The minimum Gasteiger partial charge on any atom is -0.327 e. The predicted octanol–water partition coefficient (Wildman–Crippen LogP) is 2.77. The Hall–Kier alpha value is -3.39. The molecule has 1 aliphatic heterocycles. The molecule has 4 rings (SSSR count). The number of aromatic amines is 1. The highest BCUT2D eigenvalue weighted by molar-refractivity contribution is 7.92. The minimum atomic E-state index is -3.85. The van der Waals surface area contributed by atoms with E-state index in [1.54, 1.807) is 18.2 Å². The predicted molar refractivity (Wildman–Crippen MR) is 111 cm³/mol. The molecule has 0 fully saturated rings. The lowest BCUT2D eigenvalue weighted by atomic mass is 10.1. The number of anilines is 2. The van der Waals surface area contributed by atoms with Gasteiger partial charge in [-0.15, -0.1) is 0 Å². The highest BCUT2D eigenvalue weighted by Crippen LogP contribution is 2.36. The molecular formula is C21H19N3O4S. The number of aromatic nitrogens is 1. The first kappa shape index (κ1) is 18.9. The first-order valence-corrected chi connectivity index (χ1v) is 10.5. The average molecular weight is 409 g/mol. The summed E-state index contributed by atoms with van der Waals surface area (Å²) in [5.41, 5.74) is 1.43. The van der Waals surface area contributed by atoms with E-state index in [4.69, 9.17) is 0 Å². The van der Waals surface area contributed by atoms with E-state index in [1.807, 2.05) is 19.1 Å². The van der Waals surface area contributed by atoms with Crippen LogP contribution in [0.3, 0.4) is 0 Å². The molecule has 0 unspecified atom stereocenters. The van der Waals surface area contributed by atoms with Gasteiger partial charge in [-0.05, 0) is 55.3 Å². The Morgan fingerprint density at radius 1 is 1.10 bits per heavy atom. The second-order valence-corrected chi connectivity index (χ2v) is 8.69. The van der Waals surface area contributed by atoms with Crippen molar-refractivity contribution in [1.29, 1.82) is 0 Å². The molecule has 8 heteroatoms. The number of nitrogens with zero attached hydrogens (tertiary/aromatic N) is 1. The minimum absolute atomic E-state index is 0.0238. The topological polar surface area (TPSA) is 99.3 Å². The van der Waals surface area contributed by atoms with E-state index in [9.17, 15) is 18.0 Å². The average Bonchev–Trinajstić information content (AvgIpc) is 3.06. The van der Waals surface area contributed by atoms with Gasteiger partial charge < -0.3 is 10.3 Å². The number of carbonyl (C=O) groups is 1. The Labute approximate surface area is 168 Å². The van der Waals surface area contributed by atoms with Crippen molar-refractivity contribution in [2.24, 2.45) is 0 Å². The van der Waals surface area contributed by atoms with Gasteiger partial charge in [0.15, 0.2) is 0 Å². The van der Waals surface area contributed by atoms with E-state index in [2.05, 4.69) is 10.3 Å². The van der Waals surface area contributed by atoms with Crippen LogP contribution in [0.2, 0.25) is 0 Å². The van der Waals surface area contributed by atoms with Gasteiger partial charge in [-0.3, -0.25) is 13.9 Å². The summed E-state index contributed by atoms with van der Waals surface area (Å²) in [6, 6.07) is 16.1. The molecule has 2 heterocycles. The van der Waals surface area contributed by atoms with Crippen molar-refractivity contribution in [1.82, 2.24) is 4.98 Å². The molecule has 29 heavy (non-hydrogen) atoms. The van der Waals surface area contributed by atoms with E-state index < -0.39 is 21.5 Å². The van der Waals surface area contributed by atoms with E-state index in [1.165, 1.54) is 40.8 Å². The lowest BCUT2D eigenvalue weighted by molar-refractivity contribution is 0.102. The number of para-hydroxylation sites is 1. The highest BCUT2D eigenvalue weighted by Gasteiger charge is 2.36. The van der Waals surface area contributed by atoms with E-state index in [0.29, 0.717) is 12.1 Å². The van der Waals surface area contributed by atoms with Gasteiger partial charge in [-0.1, -0.05) is 24.3 Å². The lowest BCUT2D eigenvalue weighted by Crippen LogP contribution is -2.35. The van der Waals surface area contributed by atoms with Crippen molar-refractivity contribution in [3.8, 4) is 0 Å². The fraction of sp³-hybridized carbons (Fsp3) is 0.143. The fourth-order valence-electron chi connectivity index (χ4n) is 3.53. The summed E-state index contributed by atoms with van der Waals surface area (Å²) in [6.45, 7) is 1.86. The quantitative estimate of drug-likeness (QED) is 0.692. The Balaban J connectivity index is 1.67. The standard InChI is InChI=1S/C21H19N3O4S/c1-14-12-15-6-2-3-10-19(15)24(14)29(27,28)17-8-4-7-16(13-17)20(25)23-18-9-5-11-22-21(18)26/h2-11,13-14H,12H2,1H3,(H,22,26)(H,23,25)/t14-/m1/s1. The van der Waals surface area contributed by atoms with Gasteiger partial charge in [0, 0.05) is 17.8 Å². The Kier molecular flexibility index (Phi) is 4.71. The van der Waals surface area contributed by atoms with Crippen LogP contribution in [-0.2, 0) is 16.4 Å². The van der Waals surface area contributed by atoms with Crippen molar-refractivity contribution in [3.05, 3.63) is 88.3 Å². The molecule has 1 aliphatic rings. The Morgan fingerprint density at radius 2 is 1.90 bits per heavy atom. The molecule has 3 aromatic rings. The SMILES string of the molecule is C[C@@H]1Cc2ccccc2N1S(=O)(=O)c1cccc(C(=O)Nc2ccc[nH]c2=O)c1. The van der Waals surface area contributed by atoms with Gasteiger partial charge >= 0.3 is 0 Å². The van der Waals surface area contributed by atoms with Crippen molar-refractivity contribution in [2.75, 3.05) is 9.62 Å². The number of H-pyrrole nitrogens is 1. The molecule has 0 saturated heterocycles. The van der Waals surface area contributed by atoms with Crippen LogP contribution < -0.4 is 15.2 Å². The van der Waals surface area contributed by atoms with Gasteiger partial charge in [0.25, 0.3) is 21.5 Å². The number of fused-ring (bicyclic) bond motifs is 1. The summed E-state index contributed by atoms with van der Waals surface area (Å²) in [5, 5.41) is 2.51. The molecule has 2 aromatic carbocycles. The first-order chi connectivity index (χ1) is 13.9. The summed E-state index contributed by atoms with van der Waals surface area (Å²) in [5.74, 6) is -0.561. The Morgan fingerprint density at radius 3 is 2.69 bits per heavy atom. The van der Waals surface area contributed by atoms with E-state index in [-0.39, 0.29) is 22.2 Å². The van der Waals surface area contributed by atoms with E-state index >= 15 is 0 Å². The molecule has 0 radical (unpaired) electrons. The summed E-state index contributed by atoms with van der Waals surface area (Å²) < 4.78 is 28.1. The van der Waals surface area contributed by atoms with Crippen LogP contribution in [0.4, 0.5) is 11.4 Å². The molecule has 1 atom stereocenters. The number of amides is 1. The van der Waals surface area contributed by atoms with Gasteiger partial charge in [0.05, 0.1) is 10.6 Å². The second kappa shape index (κ2) is 7.21. The van der Waals surface area contributed by atoms with Crippen molar-refractivity contribution < 1.29 is 13.2 Å². The van der Waals surface area contributed by atoms with Crippen LogP contribution in [-0.4, -0.2) is 25.4 Å². The summed E-state index contributed by atoms with van der Waals surface area (Å²) >= 11 is 0. The summed E-state index contributed by atoms with van der Waals surface area (Å²) in [6.07, 6.45) is 2.09. The molecule has 0 spiro atoms. The third-order valence-electron chi connectivity index (χ3n) is 4.86. The largest absolute Gasteiger partial charge is 0.327 e. The normalized spacial score (nSPS) is 15.8. The van der Waals surface area contributed by atoms with Crippen LogP contribution in [0.15, 0.2) is 76.6 Å². The lowest BCUT2D eigenvalue weighted by Gasteiger charge is -2.24. The zero-order valence-electron chi connectivity index (χ0n) is 15.6. The smallest absolute Gasteiger partial charge is 0.271 e. The van der Waals surface area contributed by atoms with Gasteiger partial charge in [0.2, 0.25) is 0 Å². The Bertz CT molecular complexity index is 1250. The number of hydrogen-bond donors (Lipinski definition) is 2. The van der Waals surface area contributed by atoms with Crippen LogP contribution in [0.5, 0.6) is 0 Å². The van der Waals surface area contributed by atoms with Gasteiger partial charge in [0.1, 0.15) is 5.69 Å². The van der Waals surface area contributed by atoms with Crippen molar-refractivity contribution >= 4 is 27.3 Å². The molecule has 0 bridgehead atoms. The molecule has 1 aromatic heterocycles. The number of hydrogen-bond acceptors (Lipinski definition) is 4. The number of carbonyl (C=O) groups excluding carboxylic acids is 1. The number of pyridine rings is 1. The summed E-state index contributed by atoms with van der Waals surface area (Å²) in [4.78, 5) is 26.8.